The second-order valence-electron chi connectivity index (χ2n) is 4.86. The Hall–Kier alpha value is -1.55. The van der Waals surface area contributed by atoms with E-state index in [0.29, 0.717) is 5.02 Å². The van der Waals surface area contributed by atoms with Gasteiger partial charge in [0.25, 0.3) is 0 Å². The van der Waals surface area contributed by atoms with Crippen LogP contribution in [0.5, 0.6) is 0 Å². The number of nitrogens with zero attached hydrogens (tertiary/aromatic N) is 1. The van der Waals surface area contributed by atoms with Gasteiger partial charge in [0.05, 0.1) is 5.92 Å². The molecule has 19 heavy (non-hydrogen) atoms. The second kappa shape index (κ2) is 6.57. The zero-order valence-corrected chi connectivity index (χ0v) is 12.0. The van der Waals surface area contributed by atoms with Crippen molar-refractivity contribution in [3.8, 4) is 0 Å². The van der Waals surface area contributed by atoms with Gasteiger partial charge in [0.1, 0.15) is 6.54 Å². The minimum absolute atomic E-state index is 0.0576. The summed E-state index contributed by atoms with van der Waals surface area (Å²) in [4.78, 5) is 24.3. The van der Waals surface area contributed by atoms with Crippen molar-refractivity contribution in [1.82, 2.24) is 4.90 Å². The molecule has 0 aliphatic rings. The van der Waals surface area contributed by atoms with Crippen molar-refractivity contribution in [2.75, 3.05) is 13.6 Å². The molecule has 0 bridgehead atoms. The van der Waals surface area contributed by atoms with Crippen LogP contribution in [-0.2, 0) is 9.59 Å². The van der Waals surface area contributed by atoms with Crippen LogP contribution in [0.4, 0.5) is 0 Å². The van der Waals surface area contributed by atoms with Gasteiger partial charge in [-0.2, -0.15) is 0 Å². The lowest BCUT2D eigenvalue weighted by Gasteiger charge is -2.25. The van der Waals surface area contributed by atoms with E-state index in [-0.39, 0.29) is 24.3 Å². The Kier molecular flexibility index (Phi) is 5.36. The average Bonchev–Trinajstić information content (AvgIpc) is 2.27. The summed E-state index contributed by atoms with van der Waals surface area (Å²) in [5, 5.41) is 9.32. The third-order valence-electron chi connectivity index (χ3n) is 2.89. The number of carboxylic acids is 1. The molecular weight excluding hydrogens is 266 g/mol. The van der Waals surface area contributed by atoms with E-state index in [9.17, 15) is 9.59 Å². The fraction of sp³-hybridized carbons (Fsp3) is 0.429. The quantitative estimate of drug-likeness (QED) is 0.904. The zero-order chi connectivity index (χ0) is 14.6. The number of aliphatic carboxylic acids is 1. The molecule has 1 aromatic carbocycles. The molecule has 0 aliphatic carbocycles. The monoisotopic (exact) mass is 283 g/mol. The molecule has 0 saturated heterocycles. The molecule has 1 aromatic rings. The fourth-order valence-corrected chi connectivity index (χ4v) is 2.23. The van der Waals surface area contributed by atoms with Gasteiger partial charge in [0.2, 0.25) is 5.91 Å². The molecule has 0 aliphatic heterocycles. The number of hydrogen-bond acceptors (Lipinski definition) is 2. The van der Waals surface area contributed by atoms with Crippen LogP contribution in [0, 0.1) is 5.92 Å². The number of amides is 1. The second-order valence-corrected chi connectivity index (χ2v) is 5.30. The van der Waals surface area contributed by atoms with E-state index in [1.165, 1.54) is 11.9 Å². The molecule has 1 N–H and O–H groups in total. The standard InChI is InChI=1S/C14H18ClNO3/c1-9(2)13(10-5-4-6-11(15)7-10)14(19)16(3)8-12(17)18/h4-7,9,13H,8H2,1-3H3,(H,17,18). The molecule has 0 aromatic heterocycles. The van der Waals surface area contributed by atoms with Crippen LogP contribution in [0.15, 0.2) is 24.3 Å². The minimum atomic E-state index is -1.02. The fourth-order valence-electron chi connectivity index (χ4n) is 2.03. The average molecular weight is 284 g/mol. The first-order chi connectivity index (χ1) is 8.82. The molecule has 0 fully saturated rings. The van der Waals surface area contributed by atoms with Gasteiger partial charge in [0, 0.05) is 12.1 Å². The van der Waals surface area contributed by atoms with Crippen LogP contribution in [0.1, 0.15) is 25.3 Å². The highest BCUT2D eigenvalue weighted by Gasteiger charge is 2.27. The van der Waals surface area contributed by atoms with Crippen molar-refractivity contribution in [3.05, 3.63) is 34.9 Å². The largest absolute Gasteiger partial charge is 0.480 e. The van der Waals surface area contributed by atoms with Gasteiger partial charge in [-0.05, 0) is 23.6 Å². The van der Waals surface area contributed by atoms with Gasteiger partial charge in [-0.25, -0.2) is 0 Å². The van der Waals surface area contributed by atoms with Gasteiger partial charge < -0.3 is 10.0 Å². The molecule has 1 amide bonds. The first-order valence-electron chi connectivity index (χ1n) is 6.05. The molecule has 0 heterocycles. The maximum Gasteiger partial charge on any atom is 0.323 e. The molecule has 104 valence electrons. The number of carboxylic acid groups (broad SMARTS) is 1. The lowest BCUT2D eigenvalue weighted by atomic mass is 9.87. The minimum Gasteiger partial charge on any atom is -0.480 e. The highest BCUT2D eigenvalue weighted by atomic mass is 35.5. The summed E-state index contributed by atoms with van der Waals surface area (Å²) >= 11 is 5.94. The lowest BCUT2D eigenvalue weighted by molar-refractivity contribution is -0.144. The summed E-state index contributed by atoms with van der Waals surface area (Å²) in [5.41, 5.74) is 0.810. The van der Waals surface area contributed by atoms with Crippen LogP contribution in [0.25, 0.3) is 0 Å². The molecule has 5 heteroatoms. The Labute approximate surface area is 118 Å². The summed E-state index contributed by atoms with van der Waals surface area (Å²) in [7, 11) is 1.50. The maximum atomic E-state index is 12.4. The van der Waals surface area contributed by atoms with E-state index >= 15 is 0 Å². The molecule has 1 rings (SSSR count). The predicted octanol–water partition coefficient (Wildman–Crippen LogP) is 2.62. The van der Waals surface area contributed by atoms with Crippen molar-refractivity contribution in [1.29, 1.82) is 0 Å². The highest BCUT2D eigenvalue weighted by Crippen LogP contribution is 2.28. The van der Waals surface area contributed by atoms with Gasteiger partial charge >= 0.3 is 5.97 Å². The van der Waals surface area contributed by atoms with E-state index in [0.717, 1.165) is 5.56 Å². The van der Waals surface area contributed by atoms with E-state index in [1.807, 2.05) is 19.9 Å². The van der Waals surface area contributed by atoms with Crippen LogP contribution in [0.3, 0.4) is 0 Å². The topological polar surface area (TPSA) is 57.6 Å². The molecule has 1 unspecified atom stereocenters. The maximum absolute atomic E-state index is 12.4. The number of halogens is 1. The SMILES string of the molecule is CC(C)C(C(=O)N(C)CC(=O)O)c1cccc(Cl)c1. The molecule has 0 radical (unpaired) electrons. The third kappa shape index (κ3) is 4.24. The number of rotatable bonds is 5. The lowest BCUT2D eigenvalue weighted by Crippen LogP contribution is -2.37. The third-order valence-corrected chi connectivity index (χ3v) is 3.12. The van der Waals surface area contributed by atoms with Crippen molar-refractivity contribution >= 4 is 23.5 Å². The Balaban J connectivity index is 3.01. The number of likely N-dealkylation sites (N-methyl/N-ethyl adjacent to an activating group) is 1. The Morgan fingerprint density at radius 2 is 2.00 bits per heavy atom. The van der Waals surface area contributed by atoms with Gasteiger partial charge in [-0.1, -0.05) is 37.6 Å². The zero-order valence-electron chi connectivity index (χ0n) is 11.3. The summed E-state index contributed by atoms with van der Waals surface area (Å²) in [6, 6.07) is 7.12. The number of carbonyl (C=O) groups excluding carboxylic acids is 1. The van der Waals surface area contributed by atoms with Crippen LogP contribution >= 0.6 is 11.6 Å². The highest BCUT2D eigenvalue weighted by molar-refractivity contribution is 6.30. The first kappa shape index (κ1) is 15.5. The first-order valence-corrected chi connectivity index (χ1v) is 6.43. The van der Waals surface area contributed by atoms with Gasteiger partial charge in [0.15, 0.2) is 0 Å². The number of carbonyl (C=O) groups is 2. The predicted molar refractivity (Wildman–Crippen MR) is 74.3 cm³/mol. The Bertz CT molecular complexity index is 474. The summed E-state index contributed by atoms with van der Waals surface area (Å²) in [6.45, 7) is 3.55. The van der Waals surface area contributed by atoms with E-state index in [4.69, 9.17) is 16.7 Å². The van der Waals surface area contributed by atoms with Crippen molar-refractivity contribution < 1.29 is 14.7 Å². The molecule has 4 nitrogen and oxygen atoms in total. The van der Waals surface area contributed by atoms with Crippen LogP contribution in [0.2, 0.25) is 5.02 Å². The van der Waals surface area contributed by atoms with Crippen molar-refractivity contribution in [3.63, 3.8) is 0 Å². The van der Waals surface area contributed by atoms with Crippen molar-refractivity contribution in [2.24, 2.45) is 5.92 Å². The number of hydrogen-bond donors (Lipinski definition) is 1. The summed E-state index contributed by atoms with van der Waals surface area (Å²) in [6.07, 6.45) is 0. The summed E-state index contributed by atoms with van der Waals surface area (Å²) < 4.78 is 0. The van der Waals surface area contributed by atoms with E-state index < -0.39 is 5.97 Å². The number of benzene rings is 1. The van der Waals surface area contributed by atoms with Crippen molar-refractivity contribution in [2.45, 2.75) is 19.8 Å². The van der Waals surface area contributed by atoms with Crippen LogP contribution in [-0.4, -0.2) is 35.5 Å². The Morgan fingerprint density at radius 1 is 1.37 bits per heavy atom. The molecule has 0 spiro atoms. The van der Waals surface area contributed by atoms with E-state index in [1.54, 1.807) is 18.2 Å². The summed E-state index contributed by atoms with van der Waals surface area (Å²) in [5.74, 6) is -1.56. The molecular formula is C14H18ClNO3. The smallest absolute Gasteiger partial charge is 0.323 e. The normalized spacial score (nSPS) is 12.3. The molecule has 0 saturated carbocycles. The van der Waals surface area contributed by atoms with Gasteiger partial charge in [-0.3, -0.25) is 9.59 Å². The molecule has 1 atom stereocenters. The van der Waals surface area contributed by atoms with Gasteiger partial charge in [-0.15, -0.1) is 0 Å². The van der Waals surface area contributed by atoms with Crippen LogP contribution < -0.4 is 0 Å². The Morgan fingerprint density at radius 3 is 2.47 bits per heavy atom. The van der Waals surface area contributed by atoms with E-state index in [2.05, 4.69) is 0 Å².